The quantitative estimate of drug-likeness (QED) is 0.0769. The van der Waals surface area contributed by atoms with E-state index in [1.807, 2.05) is 0 Å². The number of thiol groups is 1. The van der Waals surface area contributed by atoms with Crippen LogP contribution >= 0.6 is 12.6 Å². The van der Waals surface area contributed by atoms with Crippen LogP contribution in [0, 0.1) is 0 Å². The summed E-state index contributed by atoms with van der Waals surface area (Å²) in [6.07, 6.45) is 15.0. The Morgan fingerprint density at radius 2 is 1.29 bits per heavy atom. The normalized spacial score (nSPS) is 12.5. The number of esters is 1. The molecule has 0 amide bonds. The number of carbonyl (C=O) groups is 1. The second-order valence-corrected chi connectivity index (χ2v) is 8.65. The van der Waals surface area contributed by atoms with Crippen LogP contribution in [-0.4, -0.2) is 57.7 Å². The molecule has 0 saturated carbocycles. The molecule has 0 aromatic carbocycles. The van der Waals surface area contributed by atoms with Gasteiger partial charge in [-0.15, -0.1) is 0 Å². The van der Waals surface area contributed by atoms with Gasteiger partial charge in [0.2, 0.25) is 6.29 Å². The predicted octanol–water partition coefficient (Wildman–Crippen LogP) is 4.34. The van der Waals surface area contributed by atoms with Crippen LogP contribution in [0.1, 0.15) is 117 Å². The van der Waals surface area contributed by atoms with Crippen LogP contribution < -0.4 is 0 Å². The summed E-state index contributed by atoms with van der Waals surface area (Å²) >= 11 is 4.73. The van der Waals surface area contributed by atoms with E-state index in [1.165, 1.54) is 51.4 Å². The number of hydrogen-bond donors (Lipinski definition) is 3. The maximum atomic E-state index is 12.6. The van der Waals surface area contributed by atoms with Crippen molar-refractivity contribution in [2.24, 2.45) is 0 Å². The SMILES string of the molecule is CCCCCCCCC(S)(CCCCCCCC)C(=O)OC(O)CCCO.[SnH4]. The molecule has 0 rings (SSSR count). The molecule has 0 aromatic rings. The number of rotatable bonds is 19. The molecule has 0 fully saturated rings. The Bertz CT molecular complexity index is 339. The zero-order valence-electron chi connectivity index (χ0n) is 17.8. The van der Waals surface area contributed by atoms with Gasteiger partial charge in [0.05, 0.1) is 0 Å². The molecule has 0 radical (unpaired) electrons. The fourth-order valence-corrected chi connectivity index (χ4v) is 3.65. The molecule has 6 heteroatoms. The van der Waals surface area contributed by atoms with Crippen molar-refractivity contribution in [3.8, 4) is 0 Å². The second-order valence-electron chi connectivity index (χ2n) is 7.79. The van der Waals surface area contributed by atoms with Crippen molar-refractivity contribution >= 4 is 42.5 Å². The third kappa shape index (κ3) is 16.3. The summed E-state index contributed by atoms with van der Waals surface area (Å²) in [6, 6.07) is 0. The van der Waals surface area contributed by atoms with Gasteiger partial charge >= 0.3 is 29.9 Å². The van der Waals surface area contributed by atoms with Crippen molar-refractivity contribution in [3.05, 3.63) is 0 Å². The Kier molecular flexibility index (Phi) is 22.8. The van der Waals surface area contributed by atoms with Crippen molar-refractivity contribution in [2.45, 2.75) is 128 Å². The summed E-state index contributed by atoms with van der Waals surface area (Å²) in [5.41, 5.74) is 0. The summed E-state index contributed by atoms with van der Waals surface area (Å²) < 4.78 is 4.43. The minimum absolute atomic E-state index is 0. The van der Waals surface area contributed by atoms with E-state index in [4.69, 9.17) is 22.5 Å². The molecular formula is C22H48O4SSn. The van der Waals surface area contributed by atoms with Gasteiger partial charge in [0.15, 0.2) is 0 Å². The first-order chi connectivity index (χ1) is 13.0. The Morgan fingerprint density at radius 3 is 1.71 bits per heavy atom. The molecule has 0 aliphatic carbocycles. The van der Waals surface area contributed by atoms with Crippen LogP contribution in [-0.2, 0) is 9.53 Å². The molecule has 170 valence electrons. The molecule has 0 aromatic heterocycles. The number of aliphatic hydroxyl groups is 2. The van der Waals surface area contributed by atoms with E-state index < -0.39 is 17.0 Å². The van der Waals surface area contributed by atoms with Crippen molar-refractivity contribution in [1.29, 1.82) is 0 Å². The van der Waals surface area contributed by atoms with E-state index in [0.717, 1.165) is 25.7 Å². The average molecular weight is 527 g/mol. The first kappa shape index (κ1) is 30.7. The van der Waals surface area contributed by atoms with Gasteiger partial charge in [-0.2, -0.15) is 12.6 Å². The molecular weight excluding hydrogens is 479 g/mol. The monoisotopic (exact) mass is 528 g/mol. The van der Waals surface area contributed by atoms with Gasteiger partial charge in [0.25, 0.3) is 0 Å². The minimum atomic E-state index is -1.15. The van der Waals surface area contributed by atoms with Crippen LogP contribution in [0.3, 0.4) is 0 Å². The molecule has 0 aliphatic heterocycles. The number of carbonyl (C=O) groups excluding carboxylic acids is 1. The molecule has 0 saturated heterocycles. The molecule has 28 heavy (non-hydrogen) atoms. The number of unbranched alkanes of at least 4 members (excludes halogenated alkanes) is 10. The van der Waals surface area contributed by atoms with Crippen molar-refractivity contribution < 1.29 is 19.7 Å². The summed E-state index contributed by atoms with van der Waals surface area (Å²) in [5.74, 6) is -0.404. The maximum absolute atomic E-state index is 12.6. The zero-order valence-corrected chi connectivity index (χ0v) is 18.7. The van der Waals surface area contributed by atoms with E-state index in [9.17, 15) is 9.90 Å². The van der Waals surface area contributed by atoms with Gasteiger partial charge in [-0.25, -0.2) is 0 Å². The van der Waals surface area contributed by atoms with Crippen LogP contribution in [0.2, 0.25) is 0 Å². The van der Waals surface area contributed by atoms with Crippen LogP contribution in [0.5, 0.6) is 0 Å². The molecule has 0 heterocycles. The fourth-order valence-electron chi connectivity index (χ4n) is 3.28. The zero-order chi connectivity index (χ0) is 20.4. The summed E-state index contributed by atoms with van der Waals surface area (Å²) in [5, 5.41) is 18.7. The van der Waals surface area contributed by atoms with Gasteiger partial charge in [-0.05, 0) is 19.3 Å². The predicted molar refractivity (Wildman–Crippen MR) is 127 cm³/mol. The Hall–Kier alpha value is 0.539. The summed E-state index contributed by atoms with van der Waals surface area (Å²) in [6.45, 7) is 4.39. The standard InChI is InChI=1S/C22H44O4S.Sn.4H/c1-3-5-7-9-11-13-17-22(27,18-14-12-10-8-6-4-2)21(25)26-20(24)16-15-19-23;;;;;/h20,23-24,27H,3-19H2,1-2H3;;;;;. The molecule has 0 aliphatic rings. The summed E-state index contributed by atoms with van der Waals surface area (Å²) in [7, 11) is 0. The van der Waals surface area contributed by atoms with E-state index in [-0.39, 0.29) is 36.9 Å². The fraction of sp³-hybridized carbons (Fsp3) is 0.955. The first-order valence-corrected chi connectivity index (χ1v) is 11.7. The van der Waals surface area contributed by atoms with Gasteiger partial charge in [0.1, 0.15) is 4.75 Å². The number of aliphatic hydroxyl groups excluding tert-OH is 2. The molecule has 2 N–H and O–H groups in total. The van der Waals surface area contributed by atoms with E-state index in [2.05, 4.69) is 13.8 Å². The van der Waals surface area contributed by atoms with Crippen LogP contribution in [0.15, 0.2) is 0 Å². The van der Waals surface area contributed by atoms with Crippen molar-refractivity contribution in [1.82, 2.24) is 0 Å². The van der Waals surface area contributed by atoms with Gasteiger partial charge < -0.3 is 14.9 Å². The number of hydrogen-bond acceptors (Lipinski definition) is 5. The number of ether oxygens (including phenoxy) is 1. The van der Waals surface area contributed by atoms with Gasteiger partial charge in [0, 0.05) is 13.0 Å². The molecule has 0 bridgehead atoms. The van der Waals surface area contributed by atoms with E-state index >= 15 is 0 Å². The molecule has 1 unspecified atom stereocenters. The Balaban J connectivity index is 0. The molecule has 0 spiro atoms. The Labute approximate surface area is 196 Å². The van der Waals surface area contributed by atoms with E-state index in [0.29, 0.717) is 19.3 Å². The molecule has 4 nitrogen and oxygen atoms in total. The first-order valence-electron chi connectivity index (χ1n) is 11.2. The topological polar surface area (TPSA) is 66.8 Å². The van der Waals surface area contributed by atoms with Crippen molar-refractivity contribution in [2.75, 3.05) is 6.61 Å². The van der Waals surface area contributed by atoms with E-state index in [1.54, 1.807) is 0 Å². The van der Waals surface area contributed by atoms with Crippen LogP contribution in [0.4, 0.5) is 0 Å². The third-order valence-electron chi connectivity index (χ3n) is 5.12. The third-order valence-corrected chi connectivity index (χ3v) is 5.75. The molecule has 1 atom stereocenters. The van der Waals surface area contributed by atoms with Crippen LogP contribution in [0.25, 0.3) is 0 Å². The summed E-state index contributed by atoms with van der Waals surface area (Å²) in [4.78, 5) is 12.6. The van der Waals surface area contributed by atoms with Crippen molar-refractivity contribution in [3.63, 3.8) is 0 Å². The van der Waals surface area contributed by atoms with Gasteiger partial charge in [-0.1, -0.05) is 90.9 Å². The average Bonchev–Trinajstić information content (AvgIpc) is 2.65. The second kappa shape index (κ2) is 20.8. The van der Waals surface area contributed by atoms with Gasteiger partial charge in [-0.3, -0.25) is 4.79 Å². The Morgan fingerprint density at radius 1 is 0.857 bits per heavy atom.